The van der Waals surface area contributed by atoms with Crippen LogP contribution in [0.15, 0.2) is 53.0 Å². The number of halogens is 1. The second-order valence-electron chi connectivity index (χ2n) is 4.84. The van der Waals surface area contributed by atoms with Crippen molar-refractivity contribution in [3.8, 4) is 5.75 Å². The highest BCUT2D eigenvalue weighted by atomic mass is 79.9. The highest BCUT2D eigenvalue weighted by Gasteiger charge is 2.04. The molecule has 0 radical (unpaired) electrons. The van der Waals surface area contributed by atoms with Gasteiger partial charge in [0, 0.05) is 22.3 Å². The Labute approximate surface area is 129 Å². The van der Waals surface area contributed by atoms with Gasteiger partial charge in [0.1, 0.15) is 5.75 Å². The van der Waals surface area contributed by atoms with E-state index in [0.717, 1.165) is 22.3 Å². The zero-order valence-corrected chi connectivity index (χ0v) is 13.5. The van der Waals surface area contributed by atoms with Gasteiger partial charge in [-0.15, -0.1) is 0 Å². The molecule has 0 bridgehead atoms. The van der Waals surface area contributed by atoms with Crippen LogP contribution in [-0.4, -0.2) is 12.6 Å². The van der Waals surface area contributed by atoms with Gasteiger partial charge in [0.25, 0.3) is 0 Å². The minimum Gasteiger partial charge on any atom is -0.494 e. The number of ether oxygens (including phenoxy) is 1. The van der Waals surface area contributed by atoms with Crippen molar-refractivity contribution in [3.05, 3.63) is 58.6 Å². The van der Waals surface area contributed by atoms with E-state index in [9.17, 15) is 0 Å². The lowest BCUT2D eigenvalue weighted by Crippen LogP contribution is -2.18. The molecule has 20 heavy (non-hydrogen) atoms. The molecule has 0 aromatic heterocycles. The number of benzene rings is 2. The van der Waals surface area contributed by atoms with Crippen LogP contribution in [0.2, 0.25) is 0 Å². The molecule has 0 aliphatic heterocycles. The van der Waals surface area contributed by atoms with Crippen molar-refractivity contribution >= 4 is 21.6 Å². The van der Waals surface area contributed by atoms with E-state index in [4.69, 9.17) is 4.74 Å². The zero-order chi connectivity index (χ0) is 14.4. The van der Waals surface area contributed by atoms with Crippen LogP contribution in [0.4, 0.5) is 5.69 Å². The Morgan fingerprint density at radius 2 is 1.90 bits per heavy atom. The van der Waals surface area contributed by atoms with E-state index in [1.807, 2.05) is 25.1 Å². The summed E-state index contributed by atoms with van der Waals surface area (Å²) >= 11 is 3.46. The Balaban J connectivity index is 1.95. The molecule has 3 heteroatoms. The maximum Gasteiger partial charge on any atom is 0.121 e. The fourth-order valence-corrected chi connectivity index (χ4v) is 2.42. The molecule has 0 aliphatic carbocycles. The van der Waals surface area contributed by atoms with Gasteiger partial charge >= 0.3 is 0 Å². The lowest BCUT2D eigenvalue weighted by atomic mass is 10.1. The molecule has 1 atom stereocenters. The standard InChI is InChI=1S/C17H20BrNO/c1-3-20-17-6-4-5-16(12-17)19-13(2)11-14-7-9-15(18)10-8-14/h4-10,12-13,19H,3,11H2,1-2H3. The summed E-state index contributed by atoms with van der Waals surface area (Å²) in [5.41, 5.74) is 2.43. The maximum atomic E-state index is 5.51. The molecule has 1 N–H and O–H groups in total. The van der Waals surface area contributed by atoms with Crippen molar-refractivity contribution in [1.29, 1.82) is 0 Å². The van der Waals surface area contributed by atoms with Crippen LogP contribution in [0.5, 0.6) is 5.75 Å². The summed E-state index contributed by atoms with van der Waals surface area (Å²) in [5, 5.41) is 3.51. The van der Waals surface area contributed by atoms with Crippen molar-refractivity contribution in [3.63, 3.8) is 0 Å². The van der Waals surface area contributed by atoms with E-state index >= 15 is 0 Å². The van der Waals surface area contributed by atoms with Gasteiger partial charge in [-0.05, 0) is 50.1 Å². The summed E-state index contributed by atoms with van der Waals surface area (Å²) in [7, 11) is 0. The third-order valence-corrected chi connectivity index (χ3v) is 3.54. The van der Waals surface area contributed by atoms with Crippen molar-refractivity contribution in [2.45, 2.75) is 26.3 Å². The lowest BCUT2D eigenvalue weighted by molar-refractivity contribution is 0.340. The summed E-state index contributed by atoms with van der Waals surface area (Å²) in [5.74, 6) is 0.911. The van der Waals surface area contributed by atoms with Gasteiger partial charge in [0.15, 0.2) is 0 Å². The quantitative estimate of drug-likeness (QED) is 0.812. The van der Waals surface area contributed by atoms with E-state index in [-0.39, 0.29) is 0 Å². The molecule has 2 aromatic rings. The molecule has 0 fully saturated rings. The molecule has 0 aliphatic rings. The Kier molecular flexibility index (Phi) is 5.48. The minimum absolute atomic E-state index is 0.369. The van der Waals surface area contributed by atoms with Crippen LogP contribution in [0.25, 0.3) is 0 Å². The first-order valence-electron chi connectivity index (χ1n) is 6.91. The van der Waals surface area contributed by atoms with Crippen LogP contribution in [0.1, 0.15) is 19.4 Å². The molecule has 0 saturated carbocycles. The third kappa shape index (κ3) is 4.57. The molecule has 1 unspecified atom stereocenters. The number of hydrogen-bond donors (Lipinski definition) is 1. The fourth-order valence-electron chi connectivity index (χ4n) is 2.15. The van der Waals surface area contributed by atoms with Crippen molar-refractivity contribution in [2.24, 2.45) is 0 Å². The maximum absolute atomic E-state index is 5.51. The van der Waals surface area contributed by atoms with Crippen LogP contribution in [0, 0.1) is 0 Å². The van der Waals surface area contributed by atoms with E-state index in [2.05, 4.69) is 58.5 Å². The second kappa shape index (κ2) is 7.34. The van der Waals surface area contributed by atoms with Crippen LogP contribution < -0.4 is 10.1 Å². The Morgan fingerprint density at radius 3 is 2.60 bits per heavy atom. The van der Waals surface area contributed by atoms with Crippen molar-refractivity contribution in [1.82, 2.24) is 0 Å². The summed E-state index contributed by atoms with van der Waals surface area (Å²) in [6.07, 6.45) is 0.992. The van der Waals surface area contributed by atoms with E-state index in [0.29, 0.717) is 12.6 Å². The number of hydrogen-bond acceptors (Lipinski definition) is 2. The second-order valence-corrected chi connectivity index (χ2v) is 5.75. The van der Waals surface area contributed by atoms with Gasteiger partial charge in [-0.25, -0.2) is 0 Å². The van der Waals surface area contributed by atoms with E-state index < -0.39 is 0 Å². The fraction of sp³-hybridized carbons (Fsp3) is 0.294. The van der Waals surface area contributed by atoms with Gasteiger partial charge < -0.3 is 10.1 Å². The predicted molar refractivity (Wildman–Crippen MR) is 88.5 cm³/mol. The van der Waals surface area contributed by atoms with E-state index in [1.54, 1.807) is 0 Å². The average molecular weight is 334 g/mol. The largest absolute Gasteiger partial charge is 0.494 e. The van der Waals surface area contributed by atoms with Crippen molar-refractivity contribution in [2.75, 3.05) is 11.9 Å². The molecule has 0 heterocycles. The zero-order valence-electron chi connectivity index (χ0n) is 11.9. The summed E-state index contributed by atoms with van der Waals surface area (Å²) in [4.78, 5) is 0. The number of nitrogens with one attached hydrogen (secondary N) is 1. The molecule has 0 saturated heterocycles. The van der Waals surface area contributed by atoms with Crippen LogP contribution in [0.3, 0.4) is 0 Å². The molecule has 0 amide bonds. The SMILES string of the molecule is CCOc1cccc(NC(C)Cc2ccc(Br)cc2)c1. The normalized spacial score (nSPS) is 11.9. The van der Waals surface area contributed by atoms with Gasteiger partial charge in [-0.2, -0.15) is 0 Å². The monoisotopic (exact) mass is 333 g/mol. The molecule has 106 valence electrons. The predicted octanol–water partition coefficient (Wildman–Crippen LogP) is 4.89. The Hall–Kier alpha value is -1.48. The lowest BCUT2D eigenvalue weighted by Gasteiger charge is -2.16. The topological polar surface area (TPSA) is 21.3 Å². The highest BCUT2D eigenvalue weighted by Crippen LogP contribution is 2.19. The Morgan fingerprint density at radius 1 is 1.15 bits per heavy atom. The average Bonchev–Trinajstić information content (AvgIpc) is 2.42. The molecule has 2 aromatic carbocycles. The number of rotatable bonds is 6. The van der Waals surface area contributed by atoms with Crippen LogP contribution in [-0.2, 0) is 6.42 Å². The summed E-state index contributed by atoms with van der Waals surface area (Å²) in [6, 6.07) is 16.9. The van der Waals surface area contributed by atoms with Gasteiger partial charge in [0.05, 0.1) is 6.61 Å². The van der Waals surface area contributed by atoms with Gasteiger partial charge in [-0.3, -0.25) is 0 Å². The van der Waals surface area contributed by atoms with Gasteiger partial charge in [-0.1, -0.05) is 34.1 Å². The van der Waals surface area contributed by atoms with Gasteiger partial charge in [0.2, 0.25) is 0 Å². The third-order valence-electron chi connectivity index (χ3n) is 3.01. The van der Waals surface area contributed by atoms with Crippen molar-refractivity contribution < 1.29 is 4.74 Å². The summed E-state index contributed by atoms with van der Waals surface area (Å²) in [6.45, 7) is 4.88. The molecule has 2 rings (SSSR count). The molecule has 2 nitrogen and oxygen atoms in total. The summed E-state index contributed by atoms with van der Waals surface area (Å²) < 4.78 is 6.63. The smallest absolute Gasteiger partial charge is 0.121 e. The highest BCUT2D eigenvalue weighted by molar-refractivity contribution is 9.10. The molecule has 0 spiro atoms. The molecular weight excluding hydrogens is 314 g/mol. The van der Waals surface area contributed by atoms with E-state index in [1.165, 1.54) is 5.56 Å². The Bertz CT molecular complexity index is 539. The minimum atomic E-state index is 0.369. The van der Waals surface area contributed by atoms with Crippen LogP contribution >= 0.6 is 15.9 Å². The molecular formula is C17H20BrNO. The first kappa shape index (κ1) is 14.9. The first-order chi connectivity index (χ1) is 9.67. The number of anilines is 1. The first-order valence-corrected chi connectivity index (χ1v) is 7.70.